The van der Waals surface area contributed by atoms with Gasteiger partial charge in [0.15, 0.2) is 5.78 Å². The highest BCUT2D eigenvalue weighted by Gasteiger charge is 2.06. The van der Waals surface area contributed by atoms with Crippen LogP contribution in [-0.2, 0) is 19.4 Å². The molecule has 0 bridgehead atoms. The van der Waals surface area contributed by atoms with Crippen LogP contribution in [0.3, 0.4) is 0 Å². The van der Waals surface area contributed by atoms with Crippen LogP contribution in [0.1, 0.15) is 13.3 Å². The van der Waals surface area contributed by atoms with E-state index in [9.17, 15) is 9.59 Å². The average molecular weight is 158 g/mol. The molecule has 0 N–H and O–H groups in total. The SMILES string of the molecule is C=COOCCC(=O)C(C)=O. The fourth-order valence-electron chi connectivity index (χ4n) is 0.407. The van der Waals surface area contributed by atoms with E-state index in [0.717, 1.165) is 6.26 Å². The molecule has 0 aliphatic heterocycles. The summed E-state index contributed by atoms with van der Waals surface area (Å²) in [6.45, 7) is 4.51. The number of hydrogen-bond donors (Lipinski definition) is 0. The van der Waals surface area contributed by atoms with E-state index in [2.05, 4.69) is 16.4 Å². The fraction of sp³-hybridized carbons (Fsp3) is 0.429. The number of hydrogen-bond acceptors (Lipinski definition) is 4. The molecule has 4 heteroatoms. The van der Waals surface area contributed by atoms with Gasteiger partial charge in [-0.2, -0.15) is 4.89 Å². The number of carbonyl (C=O) groups is 2. The standard InChI is InChI=1S/C7H10O4/c1-3-10-11-5-4-7(9)6(2)8/h3H,1,4-5H2,2H3. The minimum atomic E-state index is -0.466. The van der Waals surface area contributed by atoms with Gasteiger partial charge in [0.2, 0.25) is 5.78 Å². The molecule has 4 nitrogen and oxygen atoms in total. The summed E-state index contributed by atoms with van der Waals surface area (Å²) in [6, 6.07) is 0. The Labute approximate surface area is 64.7 Å². The summed E-state index contributed by atoms with van der Waals surface area (Å²) in [7, 11) is 0. The summed E-state index contributed by atoms with van der Waals surface area (Å²) in [6.07, 6.45) is 1.14. The molecule has 0 aliphatic rings. The van der Waals surface area contributed by atoms with Gasteiger partial charge in [0.25, 0.3) is 0 Å². The van der Waals surface area contributed by atoms with Gasteiger partial charge in [-0.25, -0.2) is 0 Å². The topological polar surface area (TPSA) is 52.6 Å². The molecule has 0 aromatic carbocycles. The molecule has 0 fully saturated rings. The van der Waals surface area contributed by atoms with Gasteiger partial charge in [-0.3, -0.25) is 9.59 Å². The largest absolute Gasteiger partial charge is 0.346 e. The lowest BCUT2D eigenvalue weighted by atomic mass is 10.2. The van der Waals surface area contributed by atoms with E-state index in [1.54, 1.807) is 0 Å². The van der Waals surface area contributed by atoms with Gasteiger partial charge in [0.1, 0.15) is 12.9 Å². The monoisotopic (exact) mass is 158 g/mol. The van der Waals surface area contributed by atoms with E-state index >= 15 is 0 Å². The zero-order chi connectivity index (χ0) is 8.69. The molecular formula is C7H10O4. The third-order valence-corrected chi connectivity index (χ3v) is 0.941. The molecule has 0 saturated carbocycles. The molecule has 0 aliphatic carbocycles. The first-order valence-corrected chi connectivity index (χ1v) is 3.11. The normalized spacial score (nSPS) is 8.82. The van der Waals surface area contributed by atoms with Crippen molar-refractivity contribution in [2.75, 3.05) is 6.61 Å². The number of carbonyl (C=O) groups excluding carboxylic acids is 2. The molecule has 0 rings (SSSR count). The maximum absolute atomic E-state index is 10.6. The molecule has 62 valence electrons. The van der Waals surface area contributed by atoms with Gasteiger partial charge in [-0.15, -0.1) is 0 Å². The van der Waals surface area contributed by atoms with E-state index < -0.39 is 11.6 Å². The quantitative estimate of drug-likeness (QED) is 0.187. The Morgan fingerprint density at radius 2 is 2.18 bits per heavy atom. The van der Waals surface area contributed by atoms with Crippen LogP contribution in [0, 0.1) is 0 Å². The summed E-state index contributed by atoms with van der Waals surface area (Å²) in [4.78, 5) is 29.6. The Morgan fingerprint density at radius 1 is 1.55 bits per heavy atom. The molecule has 0 spiro atoms. The van der Waals surface area contributed by atoms with Gasteiger partial charge in [-0.1, -0.05) is 6.58 Å². The summed E-state index contributed by atoms with van der Waals surface area (Å²) >= 11 is 0. The van der Waals surface area contributed by atoms with Crippen molar-refractivity contribution in [1.29, 1.82) is 0 Å². The van der Waals surface area contributed by atoms with Crippen LogP contribution in [-0.4, -0.2) is 18.2 Å². The number of ketones is 2. The third-order valence-electron chi connectivity index (χ3n) is 0.941. The first kappa shape index (κ1) is 9.84. The Balaban J connectivity index is 3.31. The number of Topliss-reactive ketones (excluding diaryl/α,β-unsaturated/α-hetero) is 2. The molecular weight excluding hydrogens is 148 g/mol. The second-order valence-electron chi connectivity index (χ2n) is 1.81. The summed E-state index contributed by atoms with van der Waals surface area (Å²) in [5.74, 6) is -0.926. The summed E-state index contributed by atoms with van der Waals surface area (Å²) < 4.78 is 0. The first-order chi connectivity index (χ1) is 5.18. The number of rotatable bonds is 6. The van der Waals surface area contributed by atoms with Crippen LogP contribution < -0.4 is 0 Å². The summed E-state index contributed by atoms with van der Waals surface area (Å²) in [5.41, 5.74) is 0. The van der Waals surface area contributed by atoms with Crippen molar-refractivity contribution in [3.05, 3.63) is 12.8 Å². The Morgan fingerprint density at radius 3 is 2.64 bits per heavy atom. The maximum Gasteiger partial charge on any atom is 0.200 e. The average Bonchev–Trinajstić information content (AvgIpc) is 1.97. The zero-order valence-corrected chi connectivity index (χ0v) is 6.33. The Kier molecular flexibility index (Phi) is 5.02. The molecule has 0 aromatic heterocycles. The predicted molar refractivity (Wildman–Crippen MR) is 37.5 cm³/mol. The molecule has 0 heterocycles. The minimum absolute atomic E-state index is 0.0448. The van der Waals surface area contributed by atoms with Crippen molar-refractivity contribution in [3.63, 3.8) is 0 Å². The highest BCUT2D eigenvalue weighted by molar-refractivity contribution is 6.36. The highest BCUT2D eigenvalue weighted by Crippen LogP contribution is 1.87. The van der Waals surface area contributed by atoms with Crippen LogP contribution in [0.5, 0.6) is 0 Å². The molecule has 0 radical (unpaired) electrons. The summed E-state index contributed by atoms with van der Waals surface area (Å²) in [5, 5.41) is 0. The van der Waals surface area contributed by atoms with Crippen LogP contribution in [0.4, 0.5) is 0 Å². The fourth-order valence-corrected chi connectivity index (χ4v) is 0.407. The molecule has 0 saturated heterocycles. The van der Waals surface area contributed by atoms with E-state index in [-0.39, 0.29) is 13.0 Å². The molecule has 0 atom stereocenters. The van der Waals surface area contributed by atoms with E-state index in [4.69, 9.17) is 0 Å². The van der Waals surface area contributed by atoms with Gasteiger partial charge < -0.3 is 4.89 Å². The Hall–Kier alpha value is -1.16. The molecule has 11 heavy (non-hydrogen) atoms. The van der Waals surface area contributed by atoms with Gasteiger partial charge >= 0.3 is 0 Å². The predicted octanol–water partition coefficient (Wildman–Crippen LogP) is 0.626. The van der Waals surface area contributed by atoms with Crippen molar-refractivity contribution in [3.8, 4) is 0 Å². The van der Waals surface area contributed by atoms with Crippen molar-refractivity contribution in [2.45, 2.75) is 13.3 Å². The van der Waals surface area contributed by atoms with Crippen LogP contribution in [0.25, 0.3) is 0 Å². The minimum Gasteiger partial charge on any atom is -0.346 e. The lowest BCUT2D eigenvalue weighted by Crippen LogP contribution is -2.11. The van der Waals surface area contributed by atoms with Crippen molar-refractivity contribution < 1.29 is 19.4 Å². The second kappa shape index (κ2) is 5.61. The van der Waals surface area contributed by atoms with Crippen molar-refractivity contribution in [1.82, 2.24) is 0 Å². The smallest absolute Gasteiger partial charge is 0.200 e. The maximum atomic E-state index is 10.6. The van der Waals surface area contributed by atoms with Crippen LogP contribution >= 0.6 is 0 Å². The van der Waals surface area contributed by atoms with E-state index in [1.807, 2.05) is 0 Å². The second-order valence-corrected chi connectivity index (χ2v) is 1.81. The van der Waals surface area contributed by atoms with Crippen molar-refractivity contribution in [2.24, 2.45) is 0 Å². The highest BCUT2D eigenvalue weighted by atomic mass is 17.2. The van der Waals surface area contributed by atoms with E-state index in [0.29, 0.717) is 0 Å². The van der Waals surface area contributed by atoms with Crippen molar-refractivity contribution >= 4 is 11.6 Å². The molecule has 0 amide bonds. The van der Waals surface area contributed by atoms with Crippen LogP contribution in [0.2, 0.25) is 0 Å². The Bertz CT molecular complexity index is 162. The lowest BCUT2D eigenvalue weighted by Gasteiger charge is -1.97. The van der Waals surface area contributed by atoms with Gasteiger partial charge in [0.05, 0.1) is 0 Å². The van der Waals surface area contributed by atoms with Crippen LogP contribution in [0.15, 0.2) is 12.8 Å². The molecule has 0 unspecified atom stereocenters. The van der Waals surface area contributed by atoms with E-state index in [1.165, 1.54) is 6.92 Å². The zero-order valence-electron chi connectivity index (χ0n) is 6.33. The van der Waals surface area contributed by atoms with Gasteiger partial charge in [0, 0.05) is 13.3 Å². The first-order valence-electron chi connectivity index (χ1n) is 3.11. The molecule has 0 aromatic rings. The third kappa shape index (κ3) is 5.29. The lowest BCUT2D eigenvalue weighted by molar-refractivity contribution is -0.247. The van der Waals surface area contributed by atoms with Gasteiger partial charge in [-0.05, 0) is 0 Å².